The van der Waals surface area contributed by atoms with Crippen molar-refractivity contribution in [2.75, 3.05) is 13.2 Å². The molecule has 0 spiro atoms. The summed E-state index contributed by atoms with van der Waals surface area (Å²) in [5.74, 6) is 1.12. The lowest BCUT2D eigenvalue weighted by molar-refractivity contribution is 0.0904. The van der Waals surface area contributed by atoms with Crippen molar-refractivity contribution < 1.29 is 9.53 Å². The van der Waals surface area contributed by atoms with Gasteiger partial charge in [-0.2, -0.15) is 0 Å². The zero-order valence-corrected chi connectivity index (χ0v) is 12.2. The first-order valence-electron chi connectivity index (χ1n) is 7.06. The van der Waals surface area contributed by atoms with E-state index in [2.05, 4.69) is 13.8 Å². The SMILES string of the molecule is CCCOc1ccccc1C(=O)C(CN)CC(C)C. The number of benzene rings is 1. The molecule has 0 bridgehead atoms. The molecule has 1 unspecified atom stereocenters. The number of carbonyl (C=O) groups is 1. The number of ether oxygens (including phenoxy) is 1. The third kappa shape index (κ3) is 4.67. The summed E-state index contributed by atoms with van der Waals surface area (Å²) in [5, 5.41) is 0. The van der Waals surface area contributed by atoms with E-state index in [1.54, 1.807) is 0 Å². The smallest absolute Gasteiger partial charge is 0.170 e. The van der Waals surface area contributed by atoms with Gasteiger partial charge in [0.15, 0.2) is 5.78 Å². The summed E-state index contributed by atoms with van der Waals surface area (Å²) in [6.07, 6.45) is 1.74. The summed E-state index contributed by atoms with van der Waals surface area (Å²) in [6.45, 7) is 7.28. The number of nitrogens with two attached hydrogens (primary N) is 1. The second kappa shape index (κ2) is 7.95. The third-order valence-electron chi connectivity index (χ3n) is 3.03. The van der Waals surface area contributed by atoms with Gasteiger partial charge in [-0.05, 0) is 30.9 Å². The summed E-state index contributed by atoms with van der Waals surface area (Å²) >= 11 is 0. The largest absolute Gasteiger partial charge is 0.493 e. The van der Waals surface area contributed by atoms with Crippen molar-refractivity contribution in [2.45, 2.75) is 33.6 Å². The molecular weight excluding hydrogens is 238 g/mol. The first-order chi connectivity index (χ1) is 9.10. The minimum atomic E-state index is -0.119. The zero-order chi connectivity index (χ0) is 14.3. The Labute approximate surface area is 116 Å². The van der Waals surface area contributed by atoms with Gasteiger partial charge in [0.25, 0.3) is 0 Å². The van der Waals surface area contributed by atoms with Crippen molar-refractivity contribution >= 4 is 5.78 Å². The van der Waals surface area contributed by atoms with Crippen molar-refractivity contribution in [3.63, 3.8) is 0 Å². The minimum Gasteiger partial charge on any atom is -0.493 e. The van der Waals surface area contributed by atoms with Gasteiger partial charge < -0.3 is 10.5 Å². The molecule has 2 N–H and O–H groups in total. The fraction of sp³-hybridized carbons (Fsp3) is 0.562. The van der Waals surface area contributed by atoms with Crippen LogP contribution >= 0.6 is 0 Å². The van der Waals surface area contributed by atoms with E-state index in [1.165, 1.54) is 0 Å². The van der Waals surface area contributed by atoms with Crippen LogP contribution in [0.5, 0.6) is 5.75 Å². The van der Waals surface area contributed by atoms with Crippen LogP contribution in [-0.2, 0) is 0 Å². The van der Waals surface area contributed by atoms with Crippen LogP contribution in [0, 0.1) is 11.8 Å². The maximum Gasteiger partial charge on any atom is 0.170 e. The fourth-order valence-corrected chi connectivity index (χ4v) is 2.11. The molecular formula is C16H25NO2. The van der Waals surface area contributed by atoms with Crippen LogP contribution in [0.3, 0.4) is 0 Å². The first-order valence-corrected chi connectivity index (χ1v) is 7.06. The molecule has 1 rings (SSSR count). The van der Waals surface area contributed by atoms with E-state index in [1.807, 2.05) is 31.2 Å². The van der Waals surface area contributed by atoms with Gasteiger partial charge in [0.2, 0.25) is 0 Å². The lowest BCUT2D eigenvalue weighted by Gasteiger charge is -2.18. The Morgan fingerprint density at radius 2 is 2.00 bits per heavy atom. The van der Waals surface area contributed by atoms with Gasteiger partial charge in [-0.1, -0.05) is 32.9 Å². The number of para-hydroxylation sites is 1. The van der Waals surface area contributed by atoms with E-state index >= 15 is 0 Å². The van der Waals surface area contributed by atoms with E-state index < -0.39 is 0 Å². The van der Waals surface area contributed by atoms with Crippen LogP contribution in [0.4, 0.5) is 0 Å². The van der Waals surface area contributed by atoms with Crippen LogP contribution in [0.2, 0.25) is 0 Å². The molecule has 0 heterocycles. The summed E-state index contributed by atoms with van der Waals surface area (Å²) < 4.78 is 5.65. The van der Waals surface area contributed by atoms with Gasteiger partial charge in [0.05, 0.1) is 12.2 Å². The normalized spacial score (nSPS) is 12.5. The summed E-state index contributed by atoms with van der Waals surface area (Å²) in [5.41, 5.74) is 6.41. The van der Waals surface area contributed by atoms with Crippen LogP contribution in [0.15, 0.2) is 24.3 Å². The highest BCUT2D eigenvalue weighted by Crippen LogP contribution is 2.24. The van der Waals surface area contributed by atoms with Crippen molar-refractivity contribution in [3.05, 3.63) is 29.8 Å². The number of carbonyl (C=O) groups excluding carboxylic acids is 1. The van der Waals surface area contributed by atoms with Crippen molar-refractivity contribution in [3.8, 4) is 5.75 Å². The molecule has 0 aliphatic heterocycles. The third-order valence-corrected chi connectivity index (χ3v) is 3.03. The summed E-state index contributed by atoms with van der Waals surface area (Å²) in [6, 6.07) is 7.44. The van der Waals surface area contributed by atoms with E-state index in [9.17, 15) is 4.79 Å². The topological polar surface area (TPSA) is 52.3 Å². The van der Waals surface area contributed by atoms with Crippen LogP contribution in [0.1, 0.15) is 44.0 Å². The zero-order valence-electron chi connectivity index (χ0n) is 12.2. The molecule has 3 nitrogen and oxygen atoms in total. The molecule has 0 aliphatic carbocycles. The van der Waals surface area contributed by atoms with Gasteiger partial charge in [0.1, 0.15) is 5.75 Å². The Bertz CT molecular complexity index is 401. The van der Waals surface area contributed by atoms with E-state index in [0.29, 0.717) is 30.4 Å². The number of Topliss-reactive ketones (excluding diaryl/α,β-unsaturated/α-hetero) is 1. The average Bonchev–Trinajstić information content (AvgIpc) is 2.41. The number of ketones is 1. The number of rotatable bonds is 8. The molecule has 0 radical (unpaired) electrons. The molecule has 0 aromatic heterocycles. The van der Waals surface area contributed by atoms with Gasteiger partial charge in [-0.15, -0.1) is 0 Å². The second-order valence-corrected chi connectivity index (χ2v) is 5.27. The Morgan fingerprint density at radius 1 is 1.32 bits per heavy atom. The summed E-state index contributed by atoms with van der Waals surface area (Å²) in [7, 11) is 0. The van der Waals surface area contributed by atoms with E-state index in [-0.39, 0.29) is 11.7 Å². The highest BCUT2D eigenvalue weighted by molar-refractivity contribution is 6.00. The molecule has 19 heavy (non-hydrogen) atoms. The predicted molar refractivity (Wildman–Crippen MR) is 78.6 cm³/mol. The van der Waals surface area contributed by atoms with Crippen molar-refractivity contribution in [1.82, 2.24) is 0 Å². The molecule has 1 atom stereocenters. The standard InChI is InChI=1S/C16H25NO2/c1-4-9-19-15-8-6-5-7-14(15)16(18)13(11-17)10-12(2)3/h5-8,12-13H,4,9-11,17H2,1-3H3. The molecule has 0 amide bonds. The maximum atomic E-state index is 12.5. The lowest BCUT2D eigenvalue weighted by Crippen LogP contribution is -2.25. The molecule has 1 aromatic carbocycles. The van der Waals surface area contributed by atoms with E-state index in [4.69, 9.17) is 10.5 Å². The molecule has 3 heteroatoms. The van der Waals surface area contributed by atoms with Crippen LogP contribution < -0.4 is 10.5 Å². The van der Waals surface area contributed by atoms with Gasteiger partial charge in [-0.25, -0.2) is 0 Å². The van der Waals surface area contributed by atoms with Gasteiger partial charge in [-0.3, -0.25) is 4.79 Å². The monoisotopic (exact) mass is 263 g/mol. The van der Waals surface area contributed by atoms with Crippen molar-refractivity contribution in [1.29, 1.82) is 0 Å². The van der Waals surface area contributed by atoms with Crippen molar-refractivity contribution in [2.24, 2.45) is 17.6 Å². The Morgan fingerprint density at radius 3 is 2.58 bits per heavy atom. The Balaban J connectivity index is 2.90. The maximum absolute atomic E-state index is 12.5. The molecule has 106 valence electrons. The molecule has 0 saturated heterocycles. The Hall–Kier alpha value is -1.35. The Kier molecular flexibility index (Phi) is 6.57. The average molecular weight is 263 g/mol. The van der Waals surface area contributed by atoms with Gasteiger partial charge >= 0.3 is 0 Å². The molecule has 0 fully saturated rings. The van der Waals surface area contributed by atoms with Crippen LogP contribution in [-0.4, -0.2) is 18.9 Å². The molecule has 0 saturated carbocycles. The number of hydrogen-bond acceptors (Lipinski definition) is 3. The first kappa shape index (κ1) is 15.7. The highest BCUT2D eigenvalue weighted by Gasteiger charge is 2.22. The quantitative estimate of drug-likeness (QED) is 0.732. The molecule has 0 aliphatic rings. The van der Waals surface area contributed by atoms with Crippen LogP contribution in [0.25, 0.3) is 0 Å². The predicted octanol–water partition coefficient (Wildman–Crippen LogP) is 3.28. The van der Waals surface area contributed by atoms with Gasteiger partial charge in [0, 0.05) is 12.5 Å². The minimum absolute atomic E-state index is 0.0999. The fourth-order valence-electron chi connectivity index (χ4n) is 2.11. The highest BCUT2D eigenvalue weighted by atomic mass is 16.5. The summed E-state index contributed by atoms with van der Waals surface area (Å²) in [4.78, 5) is 12.5. The second-order valence-electron chi connectivity index (χ2n) is 5.27. The number of hydrogen-bond donors (Lipinski definition) is 1. The van der Waals surface area contributed by atoms with E-state index in [0.717, 1.165) is 12.8 Å². The molecule has 1 aromatic rings. The lowest BCUT2D eigenvalue weighted by atomic mass is 9.89.